The largest absolute Gasteiger partial charge is 0.486 e. The monoisotopic (exact) mass is 428 g/mol. The lowest BCUT2D eigenvalue weighted by atomic mass is 10.0. The molecule has 0 N–H and O–H groups in total. The van der Waals surface area contributed by atoms with E-state index >= 15 is 0 Å². The van der Waals surface area contributed by atoms with Crippen LogP contribution in [0.2, 0.25) is 0 Å². The molecule has 0 bridgehead atoms. The standard InChI is InChI=1S/C23H28N2O4S/c26-30(27)14-10-24(11-15-30)20-6-3-18(4-7-20)17-25-9-1-2-21(25)19-5-8-22-23(16-19)29-13-12-28-22/h3-8,16,21H,1-2,9-15,17H2. The number of anilines is 1. The smallest absolute Gasteiger partial charge is 0.161 e. The maximum absolute atomic E-state index is 11.7. The van der Waals surface area contributed by atoms with Crippen LogP contribution in [0.15, 0.2) is 42.5 Å². The Labute approximate surface area is 178 Å². The second kappa shape index (κ2) is 8.12. The van der Waals surface area contributed by atoms with E-state index in [-0.39, 0.29) is 11.5 Å². The van der Waals surface area contributed by atoms with Crippen LogP contribution < -0.4 is 14.4 Å². The molecule has 1 atom stereocenters. The molecule has 0 aromatic heterocycles. The molecule has 2 saturated heterocycles. The molecule has 0 amide bonds. The van der Waals surface area contributed by atoms with Crippen LogP contribution in [0.1, 0.15) is 30.0 Å². The average Bonchev–Trinajstić information content (AvgIpc) is 3.22. The van der Waals surface area contributed by atoms with Gasteiger partial charge in [-0.05, 0) is 54.8 Å². The van der Waals surface area contributed by atoms with Gasteiger partial charge in [0.25, 0.3) is 0 Å². The van der Waals surface area contributed by atoms with Crippen molar-refractivity contribution in [2.75, 3.05) is 49.3 Å². The first-order valence-corrected chi connectivity index (χ1v) is 12.6. The van der Waals surface area contributed by atoms with Crippen molar-refractivity contribution < 1.29 is 17.9 Å². The molecule has 0 aliphatic carbocycles. The first-order valence-electron chi connectivity index (χ1n) is 10.8. The van der Waals surface area contributed by atoms with Gasteiger partial charge in [0, 0.05) is 31.4 Å². The fraction of sp³-hybridized carbons (Fsp3) is 0.478. The van der Waals surface area contributed by atoms with Crippen LogP contribution in [-0.4, -0.2) is 57.7 Å². The van der Waals surface area contributed by atoms with E-state index in [1.54, 1.807) is 0 Å². The second-order valence-electron chi connectivity index (χ2n) is 8.34. The number of nitrogens with zero attached hydrogens (tertiary/aromatic N) is 2. The summed E-state index contributed by atoms with van der Waals surface area (Å²) in [5.74, 6) is 2.20. The summed E-state index contributed by atoms with van der Waals surface area (Å²) in [6.07, 6.45) is 2.35. The number of benzene rings is 2. The first-order chi connectivity index (χ1) is 14.6. The Hall–Kier alpha value is -2.25. The molecule has 0 spiro atoms. The van der Waals surface area contributed by atoms with Crippen molar-refractivity contribution in [3.05, 3.63) is 53.6 Å². The van der Waals surface area contributed by atoms with E-state index in [9.17, 15) is 8.42 Å². The van der Waals surface area contributed by atoms with Gasteiger partial charge in [-0.3, -0.25) is 4.90 Å². The second-order valence-corrected chi connectivity index (χ2v) is 10.6. The number of sulfone groups is 1. The number of hydrogen-bond acceptors (Lipinski definition) is 6. The molecule has 0 radical (unpaired) electrons. The van der Waals surface area contributed by atoms with Gasteiger partial charge in [-0.2, -0.15) is 0 Å². The highest BCUT2D eigenvalue weighted by atomic mass is 32.2. The fourth-order valence-electron chi connectivity index (χ4n) is 4.68. The van der Waals surface area contributed by atoms with E-state index < -0.39 is 9.84 Å². The third kappa shape index (κ3) is 4.14. The van der Waals surface area contributed by atoms with E-state index in [1.807, 2.05) is 6.07 Å². The van der Waals surface area contributed by atoms with Gasteiger partial charge < -0.3 is 14.4 Å². The van der Waals surface area contributed by atoms with E-state index in [1.165, 1.54) is 17.5 Å². The van der Waals surface area contributed by atoms with Gasteiger partial charge in [0.15, 0.2) is 21.3 Å². The Bertz CT molecular complexity index is 992. The van der Waals surface area contributed by atoms with E-state index in [0.29, 0.717) is 32.3 Å². The van der Waals surface area contributed by atoms with Gasteiger partial charge in [-0.25, -0.2) is 8.42 Å². The summed E-state index contributed by atoms with van der Waals surface area (Å²) in [5.41, 5.74) is 3.69. The van der Waals surface area contributed by atoms with Crippen LogP contribution in [0.5, 0.6) is 11.5 Å². The predicted molar refractivity (Wildman–Crippen MR) is 117 cm³/mol. The summed E-state index contributed by atoms with van der Waals surface area (Å²) in [4.78, 5) is 4.70. The highest BCUT2D eigenvalue weighted by Crippen LogP contribution is 2.38. The predicted octanol–water partition coefficient (Wildman–Crippen LogP) is 3.03. The van der Waals surface area contributed by atoms with E-state index in [0.717, 1.165) is 36.7 Å². The zero-order valence-electron chi connectivity index (χ0n) is 17.1. The van der Waals surface area contributed by atoms with Gasteiger partial charge in [0.05, 0.1) is 11.5 Å². The Morgan fingerprint density at radius 1 is 0.900 bits per heavy atom. The summed E-state index contributed by atoms with van der Waals surface area (Å²) in [6.45, 7) is 4.39. The molecule has 3 heterocycles. The van der Waals surface area contributed by atoms with Crippen LogP contribution in [0.4, 0.5) is 5.69 Å². The first kappa shape index (κ1) is 19.7. The molecule has 7 heteroatoms. The quantitative estimate of drug-likeness (QED) is 0.746. The number of fused-ring (bicyclic) bond motifs is 1. The highest BCUT2D eigenvalue weighted by molar-refractivity contribution is 7.91. The molecule has 30 heavy (non-hydrogen) atoms. The third-order valence-electron chi connectivity index (χ3n) is 6.35. The SMILES string of the molecule is O=S1(=O)CCN(c2ccc(CN3CCCC3c3ccc4c(c3)OCCO4)cc2)CC1. The minimum Gasteiger partial charge on any atom is -0.486 e. The normalized spacial score (nSPS) is 23.5. The molecule has 2 aromatic rings. The molecule has 3 aliphatic heterocycles. The molecule has 3 aliphatic rings. The molecular weight excluding hydrogens is 400 g/mol. The lowest BCUT2D eigenvalue weighted by Gasteiger charge is -2.29. The lowest BCUT2D eigenvalue weighted by molar-refractivity contribution is 0.170. The summed E-state index contributed by atoms with van der Waals surface area (Å²) in [5, 5.41) is 0. The number of likely N-dealkylation sites (tertiary alicyclic amines) is 1. The van der Waals surface area contributed by atoms with Crippen LogP contribution in [0.3, 0.4) is 0 Å². The highest BCUT2D eigenvalue weighted by Gasteiger charge is 2.27. The maximum Gasteiger partial charge on any atom is 0.161 e. The van der Waals surface area contributed by atoms with Crippen molar-refractivity contribution in [2.24, 2.45) is 0 Å². The molecular formula is C23H28N2O4S. The molecule has 1 unspecified atom stereocenters. The van der Waals surface area contributed by atoms with Crippen molar-refractivity contribution >= 4 is 15.5 Å². The van der Waals surface area contributed by atoms with Crippen molar-refractivity contribution in [1.82, 2.24) is 4.90 Å². The number of rotatable bonds is 4. The van der Waals surface area contributed by atoms with Gasteiger partial charge in [-0.1, -0.05) is 18.2 Å². The molecule has 6 nitrogen and oxygen atoms in total. The molecule has 0 saturated carbocycles. The van der Waals surface area contributed by atoms with Gasteiger partial charge in [0.1, 0.15) is 13.2 Å². The van der Waals surface area contributed by atoms with Crippen molar-refractivity contribution in [1.29, 1.82) is 0 Å². The minimum atomic E-state index is -2.85. The van der Waals surface area contributed by atoms with Gasteiger partial charge in [0.2, 0.25) is 0 Å². The Morgan fingerprint density at radius 2 is 1.63 bits per heavy atom. The van der Waals surface area contributed by atoms with Gasteiger partial charge >= 0.3 is 0 Å². The van der Waals surface area contributed by atoms with Crippen LogP contribution in [-0.2, 0) is 16.4 Å². The van der Waals surface area contributed by atoms with Crippen LogP contribution >= 0.6 is 0 Å². The average molecular weight is 429 g/mol. The zero-order valence-corrected chi connectivity index (χ0v) is 17.9. The van der Waals surface area contributed by atoms with Crippen LogP contribution in [0, 0.1) is 0 Å². The number of hydrogen-bond donors (Lipinski definition) is 0. The molecule has 2 aromatic carbocycles. The molecule has 2 fully saturated rings. The maximum atomic E-state index is 11.7. The Morgan fingerprint density at radius 3 is 2.40 bits per heavy atom. The van der Waals surface area contributed by atoms with E-state index in [4.69, 9.17) is 9.47 Å². The summed E-state index contributed by atoms with van der Waals surface area (Å²) in [6, 6.07) is 15.4. The lowest BCUT2D eigenvalue weighted by Crippen LogP contribution is -2.40. The molecule has 160 valence electrons. The van der Waals surface area contributed by atoms with Crippen molar-refractivity contribution in [2.45, 2.75) is 25.4 Å². The molecule has 5 rings (SSSR count). The summed E-state index contributed by atoms with van der Waals surface area (Å²) >= 11 is 0. The van der Waals surface area contributed by atoms with E-state index in [2.05, 4.69) is 46.2 Å². The summed E-state index contributed by atoms with van der Waals surface area (Å²) in [7, 11) is -2.85. The number of ether oxygens (including phenoxy) is 2. The van der Waals surface area contributed by atoms with Crippen molar-refractivity contribution in [3.8, 4) is 11.5 Å². The minimum absolute atomic E-state index is 0.250. The van der Waals surface area contributed by atoms with Crippen molar-refractivity contribution in [3.63, 3.8) is 0 Å². The van der Waals surface area contributed by atoms with Gasteiger partial charge in [-0.15, -0.1) is 0 Å². The Kier molecular flexibility index (Phi) is 5.33. The topological polar surface area (TPSA) is 59.1 Å². The fourth-order valence-corrected chi connectivity index (χ4v) is 5.88. The van der Waals surface area contributed by atoms with Crippen LogP contribution in [0.25, 0.3) is 0 Å². The third-order valence-corrected chi connectivity index (χ3v) is 7.96. The zero-order chi connectivity index (χ0) is 20.6. The Balaban J connectivity index is 1.26. The summed E-state index contributed by atoms with van der Waals surface area (Å²) < 4.78 is 34.7.